The van der Waals surface area contributed by atoms with Crippen LogP contribution in [0.25, 0.3) is 0 Å². The van der Waals surface area contributed by atoms with E-state index in [1.165, 1.54) is 15.5 Å². The highest BCUT2D eigenvalue weighted by atomic mass is 16.7. The van der Waals surface area contributed by atoms with Crippen LogP contribution < -0.4 is 9.68 Å². The molecule has 0 atom stereocenters. The molecule has 140 valence electrons. The van der Waals surface area contributed by atoms with Crippen LogP contribution in [0, 0.1) is 0 Å². The molecule has 1 aliphatic heterocycles. The van der Waals surface area contributed by atoms with Gasteiger partial charge in [-0.15, -0.1) is 0 Å². The summed E-state index contributed by atoms with van der Waals surface area (Å²) >= 11 is 0. The molecule has 1 aliphatic rings. The van der Waals surface area contributed by atoms with Crippen LogP contribution in [0.2, 0.25) is 0 Å². The molecular formula is C18H17N3O6. The maximum absolute atomic E-state index is 11.4. The lowest BCUT2D eigenvalue weighted by Crippen LogP contribution is -2.20. The van der Waals surface area contributed by atoms with Crippen LogP contribution in [-0.4, -0.2) is 39.3 Å². The molecule has 2 aromatic heterocycles. The molecule has 0 radical (unpaired) electrons. The van der Waals surface area contributed by atoms with E-state index in [4.69, 9.17) is 9.68 Å². The Hall–Kier alpha value is -3.75. The molecule has 0 unspecified atom stereocenters. The molecule has 0 fully saturated rings. The Kier molecular flexibility index (Phi) is 7.46. The van der Waals surface area contributed by atoms with Crippen molar-refractivity contribution in [2.75, 3.05) is 0 Å². The summed E-state index contributed by atoms with van der Waals surface area (Å²) in [5.74, 6) is -1.37. The number of amides is 1. The Bertz CT molecular complexity index is 748. The van der Waals surface area contributed by atoms with E-state index in [-0.39, 0.29) is 36.5 Å². The highest BCUT2D eigenvalue weighted by Gasteiger charge is 2.08. The van der Waals surface area contributed by atoms with Gasteiger partial charge < -0.3 is 9.68 Å². The molecule has 2 aromatic rings. The van der Waals surface area contributed by atoms with Crippen LogP contribution in [0.5, 0.6) is 0 Å². The standard InChI is InChI=1S/C13H14N2O4.C5H3NO2/c16-12(18-14-8-1-2-9-14)6-5-7-13(17)19-15-10-3-4-11-15;7-4-1-2-5(8)6-3-4/h1-4,8-11H,5-7H2;1-3H. The van der Waals surface area contributed by atoms with Gasteiger partial charge in [-0.2, -0.15) is 9.46 Å². The van der Waals surface area contributed by atoms with Gasteiger partial charge in [-0.25, -0.2) is 14.6 Å². The minimum atomic E-state index is -0.384. The lowest BCUT2D eigenvalue weighted by Gasteiger charge is -2.05. The van der Waals surface area contributed by atoms with Gasteiger partial charge in [-0.1, -0.05) is 0 Å². The van der Waals surface area contributed by atoms with Gasteiger partial charge in [0.05, 0.1) is 6.21 Å². The largest absolute Gasteiger partial charge is 0.337 e. The van der Waals surface area contributed by atoms with Gasteiger partial charge in [-0.05, 0) is 36.8 Å². The number of aromatic nitrogens is 2. The maximum atomic E-state index is 11.4. The van der Waals surface area contributed by atoms with E-state index in [0.29, 0.717) is 6.42 Å². The van der Waals surface area contributed by atoms with E-state index in [1.54, 1.807) is 49.1 Å². The van der Waals surface area contributed by atoms with Crippen LogP contribution >= 0.6 is 0 Å². The molecule has 9 heteroatoms. The van der Waals surface area contributed by atoms with Crippen LogP contribution in [0.3, 0.4) is 0 Å². The smallest absolute Gasteiger partial charge is 0.332 e. The topological polar surface area (TPSA) is 109 Å². The Morgan fingerprint density at radius 3 is 1.67 bits per heavy atom. The van der Waals surface area contributed by atoms with Crippen molar-refractivity contribution in [3.63, 3.8) is 0 Å². The average Bonchev–Trinajstić information content (AvgIpc) is 3.32. The van der Waals surface area contributed by atoms with Gasteiger partial charge in [0.2, 0.25) is 0 Å². The highest BCUT2D eigenvalue weighted by Crippen LogP contribution is 1.99. The molecule has 3 rings (SSSR count). The third-order valence-electron chi connectivity index (χ3n) is 3.04. The fourth-order valence-corrected chi connectivity index (χ4v) is 1.83. The van der Waals surface area contributed by atoms with Crippen LogP contribution in [0.1, 0.15) is 19.3 Å². The minimum absolute atomic E-state index is 0.166. The normalized spacial score (nSPS) is 12.3. The van der Waals surface area contributed by atoms with Crippen molar-refractivity contribution in [2.24, 2.45) is 4.99 Å². The number of hydrogen-bond donors (Lipinski definition) is 0. The SMILES string of the molecule is O=C(CCCC(=O)On1cccc1)On1cccc1.O=C1C=CC(=O)N=C1. The van der Waals surface area contributed by atoms with Crippen molar-refractivity contribution in [3.8, 4) is 0 Å². The number of rotatable bonds is 6. The zero-order valence-corrected chi connectivity index (χ0v) is 14.3. The van der Waals surface area contributed by atoms with E-state index in [0.717, 1.165) is 12.3 Å². The predicted octanol–water partition coefficient (Wildman–Crippen LogP) is 0.793. The Morgan fingerprint density at radius 2 is 1.30 bits per heavy atom. The van der Waals surface area contributed by atoms with Crippen LogP contribution in [-0.2, 0) is 19.2 Å². The molecule has 0 N–H and O–H groups in total. The molecule has 0 spiro atoms. The van der Waals surface area contributed by atoms with Crippen molar-refractivity contribution in [3.05, 3.63) is 61.2 Å². The lowest BCUT2D eigenvalue weighted by molar-refractivity contribution is -0.146. The summed E-state index contributed by atoms with van der Waals surface area (Å²) in [5.41, 5.74) is 0. The maximum Gasteiger partial charge on any atom is 0.332 e. The van der Waals surface area contributed by atoms with E-state index >= 15 is 0 Å². The lowest BCUT2D eigenvalue weighted by atomic mass is 10.2. The molecule has 27 heavy (non-hydrogen) atoms. The Morgan fingerprint density at radius 1 is 0.815 bits per heavy atom. The van der Waals surface area contributed by atoms with Crippen molar-refractivity contribution in [1.29, 1.82) is 0 Å². The number of carbonyl (C=O) groups excluding carboxylic acids is 4. The predicted molar refractivity (Wildman–Crippen MR) is 93.5 cm³/mol. The van der Waals surface area contributed by atoms with E-state index < -0.39 is 0 Å². The molecule has 0 aromatic carbocycles. The van der Waals surface area contributed by atoms with Gasteiger partial charge in [0.1, 0.15) is 0 Å². The highest BCUT2D eigenvalue weighted by molar-refractivity contribution is 6.37. The third kappa shape index (κ3) is 7.78. The molecule has 0 aliphatic carbocycles. The summed E-state index contributed by atoms with van der Waals surface area (Å²) in [5, 5.41) is 0. The number of hydrogen-bond acceptors (Lipinski definition) is 6. The van der Waals surface area contributed by atoms with E-state index in [2.05, 4.69) is 4.99 Å². The number of carbonyl (C=O) groups is 4. The average molecular weight is 371 g/mol. The summed E-state index contributed by atoms with van der Waals surface area (Å²) in [6.45, 7) is 0. The van der Waals surface area contributed by atoms with Crippen LogP contribution in [0.4, 0.5) is 0 Å². The Balaban J connectivity index is 0.000000273. The van der Waals surface area contributed by atoms with Crippen molar-refractivity contribution >= 4 is 29.8 Å². The van der Waals surface area contributed by atoms with Gasteiger partial charge in [-0.3, -0.25) is 9.59 Å². The number of nitrogens with zero attached hydrogens (tertiary/aromatic N) is 3. The van der Waals surface area contributed by atoms with Crippen molar-refractivity contribution < 1.29 is 28.9 Å². The second-order valence-corrected chi connectivity index (χ2v) is 5.20. The number of aliphatic imine (C=N–C) groups is 1. The molecule has 0 saturated heterocycles. The first kappa shape index (κ1) is 19.6. The quantitative estimate of drug-likeness (QED) is 0.743. The number of allylic oxidation sites excluding steroid dienone is 1. The number of ketones is 1. The fraction of sp³-hybridized carbons (Fsp3) is 0.167. The second kappa shape index (κ2) is 10.3. The molecule has 3 heterocycles. The van der Waals surface area contributed by atoms with Gasteiger partial charge in [0, 0.05) is 43.7 Å². The van der Waals surface area contributed by atoms with Crippen LogP contribution in [0.15, 0.2) is 66.2 Å². The first-order chi connectivity index (χ1) is 13.0. The van der Waals surface area contributed by atoms with Crippen molar-refractivity contribution in [2.45, 2.75) is 19.3 Å². The molecule has 0 saturated carbocycles. The molecule has 9 nitrogen and oxygen atoms in total. The van der Waals surface area contributed by atoms with E-state index in [9.17, 15) is 19.2 Å². The molecule has 0 bridgehead atoms. The van der Waals surface area contributed by atoms with Gasteiger partial charge in [0.15, 0.2) is 5.78 Å². The summed E-state index contributed by atoms with van der Waals surface area (Å²) < 4.78 is 2.64. The van der Waals surface area contributed by atoms with Gasteiger partial charge in [0.25, 0.3) is 5.91 Å². The Labute approximate surface area is 154 Å². The molecule has 1 amide bonds. The third-order valence-corrected chi connectivity index (χ3v) is 3.04. The zero-order valence-electron chi connectivity index (χ0n) is 14.3. The summed E-state index contributed by atoms with van der Waals surface area (Å²) in [7, 11) is 0. The van der Waals surface area contributed by atoms with Crippen molar-refractivity contribution in [1.82, 2.24) is 9.46 Å². The monoisotopic (exact) mass is 371 g/mol. The fourth-order valence-electron chi connectivity index (χ4n) is 1.83. The first-order valence-electron chi connectivity index (χ1n) is 8.01. The zero-order chi connectivity index (χ0) is 19.5. The summed E-state index contributed by atoms with van der Waals surface area (Å²) in [6, 6.07) is 7.01. The minimum Gasteiger partial charge on any atom is -0.337 e. The second-order valence-electron chi connectivity index (χ2n) is 5.20. The van der Waals surface area contributed by atoms with E-state index in [1.807, 2.05) is 0 Å². The first-order valence-corrected chi connectivity index (χ1v) is 8.01. The summed E-state index contributed by atoms with van der Waals surface area (Å²) in [4.78, 5) is 56.3. The molecular weight excluding hydrogens is 354 g/mol. The van der Waals surface area contributed by atoms with Gasteiger partial charge >= 0.3 is 11.9 Å². The number of dihydropyridines is 1. The summed E-state index contributed by atoms with van der Waals surface area (Å²) in [6.07, 6.45) is 10.5.